The lowest BCUT2D eigenvalue weighted by Crippen LogP contribution is -2.07. The fourth-order valence-electron chi connectivity index (χ4n) is 11.4. The van der Waals surface area contributed by atoms with E-state index in [4.69, 9.17) is 33.3 Å². The van der Waals surface area contributed by atoms with E-state index in [1.807, 2.05) is 60.7 Å². The molecule has 0 radical (unpaired) electrons. The number of aryl methyl sites for hydroxylation is 1. The van der Waals surface area contributed by atoms with E-state index in [9.17, 15) is 4.79 Å². The number of nitrogens with zero attached hydrogens (tertiary/aromatic N) is 2. The number of hydrogen-bond donors (Lipinski definition) is 0. The van der Waals surface area contributed by atoms with Gasteiger partial charge in [-0.3, -0.25) is 4.79 Å². The number of hydrogen-bond acceptors (Lipinski definition) is 8. The molecular formula is C61H60N2O8. The molecule has 0 unspecified atom stereocenters. The Morgan fingerprint density at radius 3 is 1.48 bits per heavy atom. The second kappa shape index (κ2) is 22.0. The van der Waals surface area contributed by atoms with Crippen molar-refractivity contribution in [3.63, 3.8) is 0 Å². The van der Waals surface area contributed by atoms with Crippen LogP contribution >= 0.6 is 0 Å². The topological polar surface area (TPSA) is 107 Å². The Balaban J connectivity index is 0.000000156. The van der Waals surface area contributed by atoms with Crippen molar-refractivity contribution < 1.29 is 38.1 Å². The summed E-state index contributed by atoms with van der Waals surface area (Å²) in [6, 6.07) is 46.1. The summed E-state index contributed by atoms with van der Waals surface area (Å²) >= 11 is 0. The van der Waals surface area contributed by atoms with Gasteiger partial charge in [-0.15, -0.1) is 0 Å². The molecule has 10 heteroatoms. The van der Waals surface area contributed by atoms with Gasteiger partial charge >= 0.3 is 6.15 Å². The van der Waals surface area contributed by atoms with E-state index in [1.165, 1.54) is 120 Å². The van der Waals surface area contributed by atoms with E-state index in [0.29, 0.717) is 50.5 Å². The molecule has 0 atom stereocenters. The van der Waals surface area contributed by atoms with Crippen molar-refractivity contribution in [1.29, 1.82) is 0 Å². The van der Waals surface area contributed by atoms with E-state index < -0.39 is 0 Å². The van der Waals surface area contributed by atoms with Gasteiger partial charge in [-0.05, 0) is 115 Å². The zero-order valence-electron chi connectivity index (χ0n) is 40.4. The molecule has 12 rings (SSSR count). The van der Waals surface area contributed by atoms with Crippen molar-refractivity contribution in [2.75, 3.05) is 13.2 Å². The van der Waals surface area contributed by atoms with Gasteiger partial charge in [0.1, 0.15) is 55.2 Å². The average Bonchev–Trinajstić information content (AvgIpc) is 3.72. The molecule has 0 saturated heterocycles. The van der Waals surface area contributed by atoms with Crippen molar-refractivity contribution in [3.05, 3.63) is 161 Å². The molecule has 10 nitrogen and oxygen atoms in total. The molecule has 6 aromatic carbocycles. The van der Waals surface area contributed by atoms with Crippen LogP contribution in [0.1, 0.15) is 104 Å². The van der Waals surface area contributed by atoms with E-state index >= 15 is 0 Å². The highest BCUT2D eigenvalue weighted by molar-refractivity contribution is 5.96. The van der Waals surface area contributed by atoms with Crippen molar-refractivity contribution in [3.8, 4) is 51.3 Å². The number of ether oxygens (including phenoxy) is 5. The number of benzene rings is 6. The van der Waals surface area contributed by atoms with Crippen LogP contribution in [-0.4, -0.2) is 35.0 Å². The van der Waals surface area contributed by atoms with E-state index in [0.717, 1.165) is 52.7 Å². The molecule has 2 aliphatic heterocycles. The predicted molar refractivity (Wildman–Crippen MR) is 275 cm³/mol. The van der Waals surface area contributed by atoms with Crippen LogP contribution in [0.4, 0.5) is 0 Å². The Labute approximate surface area is 415 Å². The Bertz CT molecular complexity index is 3150. The summed E-state index contributed by atoms with van der Waals surface area (Å²) in [5.41, 5.74) is 13.9. The molecule has 2 aliphatic carbocycles. The van der Waals surface area contributed by atoms with Crippen LogP contribution in [0.15, 0.2) is 133 Å². The second-order valence-electron chi connectivity index (χ2n) is 19.1. The summed E-state index contributed by atoms with van der Waals surface area (Å²) in [4.78, 5) is 27.2. The van der Waals surface area contributed by atoms with Crippen molar-refractivity contribution in [1.82, 2.24) is 9.13 Å². The average molecular weight is 949 g/mol. The van der Waals surface area contributed by atoms with Gasteiger partial charge in [0.15, 0.2) is 0 Å². The third-order valence-corrected chi connectivity index (χ3v) is 14.6. The monoisotopic (exact) mass is 948 g/mol. The van der Waals surface area contributed by atoms with Crippen LogP contribution in [0.25, 0.3) is 44.3 Å². The minimum atomic E-state index is 0.250. The van der Waals surface area contributed by atoms with Crippen molar-refractivity contribution >= 4 is 34.4 Å². The smallest absolute Gasteiger partial charge is 0.373 e. The molecule has 4 aliphatic rings. The van der Waals surface area contributed by atoms with Gasteiger partial charge in [-0.25, -0.2) is 0 Å². The first-order chi connectivity index (χ1) is 35.0. The van der Waals surface area contributed by atoms with Gasteiger partial charge in [0.2, 0.25) is 0 Å². The standard InChI is InChI=1S/C30H29NO4.C30H31NO2.CO2/c32-20-35-23-11-13-25-27(17-23)31-15-16-33-28-18-24(34-19-21-7-3-1-4-8-21)12-14-26(28)30(31)29(25)22-9-5-2-6-10-22;1-21-12-14-25-27(18-21)31-16-17-32-28-19-24(33-20-22-8-4-2-5-9-22)13-15-26(28)30(31)29(25)23-10-6-3-7-11-23;2-1-3/h1,3-4,7-8,11-14,17-18,20,22H,2,5-6,9-10,15-16,19H2;2,4-5,8-9,12-15,18-19,23H,3,6-7,10-11,16-17,20H2,1H3;. The zero-order valence-corrected chi connectivity index (χ0v) is 40.4. The Morgan fingerprint density at radius 2 is 1.00 bits per heavy atom. The normalized spacial score (nSPS) is 15.2. The van der Waals surface area contributed by atoms with Crippen molar-refractivity contribution in [2.45, 2.75) is 109 Å². The number of rotatable bonds is 10. The zero-order chi connectivity index (χ0) is 48.5. The maximum absolute atomic E-state index is 11.0. The highest BCUT2D eigenvalue weighted by Gasteiger charge is 2.31. The lowest BCUT2D eigenvalue weighted by atomic mass is 9.81. The first-order valence-corrected chi connectivity index (χ1v) is 25.3. The minimum Gasteiger partial charge on any atom is -0.491 e. The van der Waals surface area contributed by atoms with Gasteiger partial charge in [0, 0.05) is 45.6 Å². The molecule has 2 fully saturated rings. The van der Waals surface area contributed by atoms with E-state index in [2.05, 4.69) is 88.9 Å². The van der Waals surface area contributed by atoms with Crippen LogP contribution in [0.5, 0.6) is 28.7 Å². The molecule has 4 heterocycles. The molecule has 362 valence electrons. The van der Waals surface area contributed by atoms with Gasteiger partial charge in [-0.2, -0.15) is 9.59 Å². The quantitative estimate of drug-likeness (QED) is 0.125. The van der Waals surface area contributed by atoms with Gasteiger partial charge in [0.05, 0.1) is 30.0 Å². The number of carbonyl (C=O) groups excluding carboxylic acids is 3. The number of carbonyl (C=O) groups is 1. The summed E-state index contributed by atoms with van der Waals surface area (Å²) in [6.07, 6.45) is 13.1. The largest absolute Gasteiger partial charge is 0.491 e. The molecule has 0 spiro atoms. The van der Waals surface area contributed by atoms with Crippen LogP contribution < -0.4 is 23.7 Å². The minimum absolute atomic E-state index is 0.250. The molecule has 8 aromatic rings. The second-order valence-corrected chi connectivity index (χ2v) is 19.1. The lowest BCUT2D eigenvalue weighted by Gasteiger charge is -2.23. The predicted octanol–water partition coefficient (Wildman–Crippen LogP) is 13.9. The highest BCUT2D eigenvalue weighted by atomic mass is 16.5. The number of fused-ring (bicyclic) bond motifs is 10. The number of aromatic nitrogens is 2. The van der Waals surface area contributed by atoms with Gasteiger partial charge in [-0.1, -0.05) is 111 Å². The molecule has 2 saturated carbocycles. The Kier molecular flexibility index (Phi) is 14.6. The third-order valence-electron chi connectivity index (χ3n) is 14.6. The van der Waals surface area contributed by atoms with Gasteiger partial charge < -0.3 is 32.8 Å². The maximum atomic E-state index is 11.0. The van der Waals surface area contributed by atoms with Crippen LogP contribution in [-0.2, 0) is 40.7 Å². The van der Waals surface area contributed by atoms with E-state index in [1.54, 1.807) is 0 Å². The van der Waals surface area contributed by atoms with E-state index in [-0.39, 0.29) is 6.15 Å². The molecule has 71 heavy (non-hydrogen) atoms. The molecule has 0 N–H and O–H groups in total. The summed E-state index contributed by atoms with van der Waals surface area (Å²) in [5, 5.41) is 2.68. The first kappa shape index (κ1) is 47.1. The van der Waals surface area contributed by atoms with Gasteiger partial charge in [0.25, 0.3) is 6.47 Å². The van der Waals surface area contributed by atoms with Crippen LogP contribution in [0.2, 0.25) is 0 Å². The lowest BCUT2D eigenvalue weighted by molar-refractivity contribution is -0.191. The van der Waals surface area contributed by atoms with Crippen LogP contribution in [0, 0.1) is 6.92 Å². The molecule has 0 bridgehead atoms. The fourth-order valence-corrected chi connectivity index (χ4v) is 11.4. The first-order valence-electron chi connectivity index (χ1n) is 25.3. The SMILES string of the molecule is Cc1ccc2c(C3CCCCC3)c3n(c2c1)CCOc1cc(OCc2ccccc2)ccc1-3.O=C=O.O=COc1ccc2c(C3CCCCC3)c3n(c2c1)CCOc1cc(OCc2ccccc2)ccc1-3. The highest BCUT2D eigenvalue weighted by Crippen LogP contribution is 2.50. The summed E-state index contributed by atoms with van der Waals surface area (Å²) < 4.78 is 34.9. The van der Waals surface area contributed by atoms with Crippen LogP contribution in [0.3, 0.4) is 0 Å². The Morgan fingerprint density at radius 1 is 0.549 bits per heavy atom. The summed E-state index contributed by atoms with van der Waals surface area (Å²) in [5.74, 6) is 5.17. The summed E-state index contributed by atoms with van der Waals surface area (Å²) in [7, 11) is 0. The maximum Gasteiger partial charge on any atom is 0.373 e. The molecule has 2 aromatic heterocycles. The third kappa shape index (κ3) is 10.2. The fraction of sp³-hybridized carbons (Fsp3) is 0.311. The molecule has 0 amide bonds. The summed E-state index contributed by atoms with van der Waals surface area (Å²) in [6.45, 7) is 6.61. The molecular weight excluding hydrogens is 889 g/mol. The van der Waals surface area contributed by atoms with Crippen molar-refractivity contribution in [2.24, 2.45) is 0 Å². The Hall–Kier alpha value is -7.55.